The Hall–Kier alpha value is -3.22. The SMILES string of the molecule is CCOC(=O)c1cnn(-c2cc(Oc3ccc(C)cc3)nc(C)n2)c1C. The van der Waals surface area contributed by atoms with Gasteiger partial charge in [-0.2, -0.15) is 10.1 Å². The van der Waals surface area contributed by atoms with Crippen molar-refractivity contribution in [2.24, 2.45) is 0 Å². The van der Waals surface area contributed by atoms with Crippen molar-refractivity contribution in [3.8, 4) is 17.4 Å². The van der Waals surface area contributed by atoms with Crippen molar-refractivity contribution in [1.29, 1.82) is 0 Å². The van der Waals surface area contributed by atoms with Crippen molar-refractivity contribution < 1.29 is 14.3 Å². The first kappa shape index (κ1) is 17.6. The van der Waals surface area contributed by atoms with E-state index in [0.717, 1.165) is 5.56 Å². The summed E-state index contributed by atoms with van der Waals surface area (Å²) in [6, 6.07) is 9.37. The average molecular weight is 352 g/mol. The zero-order chi connectivity index (χ0) is 18.7. The number of aryl methyl sites for hydroxylation is 2. The van der Waals surface area contributed by atoms with Gasteiger partial charge in [-0.15, -0.1) is 0 Å². The number of aromatic nitrogens is 4. The predicted molar refractivity (Wildman–Crippen MR) is 95.8 cm³/mol. The quantitative estimate of drug-likeness (QED) is 0.653. The van der Waals surface area contributed by atoms with Gasteiger partial charge in [-0.3, -0.25) is 0 Å². The molecule has 1 aromatic carbocycles. The molecule has 0 spiro atoms. The van der Waals surface area contributed by atoms with Crippen LogP contribution in [0, 0.1) is 20.8 Å². The number of hydrogen-bond acceptors (Lipinski definition) is 6. The third-order valence-corrected chi connectivity index (χ3v) is 3.77. The van der Waals surface area contributed by atoms with E-state index in [0.29, 0.717) is 41.1 Å². The Morgan fingerprint density at radius 1 is 1.12 bits per heavy atom. The predicted octanol–water partition coefficient (Wildman–Crippen LogP) is 3.56. The number of hydrogen-bond donors (Lipinski definition) is 0. The Morgan fingerprint density at radius 3 is 2.54 bits per heavy atom. The summed E-state index contributed by atoms with van der Waals surface area (Å²) in [6.07, 6.45) is 1.48. The molecule has 0 aliphatic rings. The molecule has 0 saturated heterocycles. The molecule has 0 aliphatic heterocycles. The van der Waals surface area contributed by atoms with Crippen LogP contribution >= 0.6 is 0 Å². The normalized spacial score (nSPS) is 10.6. The maximum atomic E-state index is 12.0. The lowest BCUT2D eigenvalue weighted by atomic mass is 10.2. The fourth-order valence-electron chi connectivity index (χ4n) is 2.46. The highest BCUT2D eigenvalue weighted by Gasteiger charge is 2.17. The van der Waals surface area contributed by atoms with Crippen molar-refractivity contribution >= 4 is 5.97 Å². The van der Waals surface area contributed by atoms with Crippen molar-refractivity contribution in [3.05, 3.63) is 59.2 Å². The summed E-state index contributed by atoms with van der Waals surface area (Å²) in [5, 5.41) is 4.26. The van der Waals surface area contributed by atoms with E-state index in [4.69, 9.17) is 9.47 Å². The first-order chi connectivity index (χ1) is 12.5. The van der Waals surface area contributed by atoms with Gasteiger partial charge in [0.05, 0.1) is 18.5 Å². The summed E-state index contributed by atoms with van der Waals surface area (Å²) in [5.41, 5.74) is 2.20. The third-order valence-electron chi connectivity index (χ3n) is 3.77. The number of ether oxygens (including phenoxy) is 2. The van der Waals surface area contributed by atoms with E-state index in [9.17, 15) is 4.79 Å². The third kappa shape index (κ3) is 3.72. The molecule has 0 aliphatic carbocycles. The lowest BCUT2D eigenvalue weighted by Crippen LogP contribution is -2.08. The zero-order valence-corrected chi connectivity index (χ0v) is 15.2. The van der Waals surface area contributed by atoms with E-state index in [1.165, 1.54) is 6.20 Å². The summed E-state index contributed by atoms with van der Waals surface area (Å²) < 4.78 is 12.4. The number of nitrogens with zero attached hydrogens (tertiary/aromatic N) is 4. The van der Waals surface area contributed by atoms with E-state index >= 15 is 0 Å². The van der Waals surface area contributed by atoms with Gasteiger partial charge in [0, 0.05) is 6.07 Å². The van der Waals surface area contributed by atoms with Gasteiger partial charge in [0.1, 0.15) is 17.1 Å². The number of carbonyl (C=O) groups excluding carboxylic acids is 1. The number of esters is 1. The van der Waals surface area contributed by atoms with Crippen LogP contribution in [0.25, 0.3) is 5.82 Å². The first-order valence-electron chi connectivity index (χ1n) is 8.30. The Bertz CT molecular complexity index is 932. The monoisotopic (exact) mass is 352 g/mol. The van der Waals surface area contributed by atoms with Gasteiger partial charge in [0.15, 0.2) is 5.82 Å². The molecular weight excluding hydrogens is 332 g/mol. The molecule has 7 nitrogen and oxygen atoms in total. The van der Waals surface area contributed by atoms with Gasteiger partial charge < -0.3 is 9.47 Å². The van der Waals surface area contributed by atoms with Crippen molar-refractivity contribution in [2.75, 3.05) is 6.61 Å². The van der Waals surface area contributed by atoms with Gasteiger partial charge in [0.2, 0.25) is 5.88 Å². The summed E-state index contributed by atoms with van der Waals surface area (Å²) in [7, 11) is 0. The molecule has 0 saturated carbocycles. The summed E-state index contributed by atoms with van der Waals surface area (Å²) in [4.78, 5) is 20.7. The van der Waals surface area contributed by atoms with Crippen LogP contribution in [0.3, 0.4) is 0 Å². The minimum absolute atomic E-state index is 0.310. The first-order valence-corrected chi connectivity index (χ1v) is 8.30. The van der Waals surface area contributed by atoms with Crippen molar-refractivity contribution in [3.63, 3.8) is 0 Å². The van der Waals surface area contributed by atoms with Gasteiger partial charge in [-0.25, -0.2) is 14.5 Å². The van der Waals surface area contributed by atoms with Gasteiger partial charge in [-0.05, 0) is 39.8 Å². The standard InChI is InChI=1S/C19H20N4O3/c1-5-25-19(24)16-11-20-23(13(16)3)17-10-18(22-14(4)21-17)26-15-8-6-12(2)7-9-15/h6-11H,5H2,1-4H3. The minimum Gasteiger partial charge on any atom is -0.462 e. The summed E-state index contributed by atoms with van der Waals surface area (Å²) >= 11 is 0. The second kappa shape index (κ2) is 7.35. The molecular formula is C19H20N4O3. The van der Waals surface area contributed by atoms with E-state index in [1.807, 2.05) is 31.2 Å². The van der Waals surface area contributed by atoms with E-state index in [1.54, 1.807) is 31.5 Å². The minimum atomic E-state index is -0.404. The van der Waals surface area contributed by atoms with Crippen molar-refractivity contribution in [1.82, 2.24) is 19.7 Å². The molecule has 0 atom stereocenters. The molecule has 0 radical (unpaired) electrons. The lowest BCUT2D eigenvalue weighted by molar-refractivity contribution is 0.0525. The van der Waals surface area contributed by atoms with Crippen LogP contribution in [0.4, 0.5) is 0 Å². The number of carbonyl (C=O) groups is 1. The molecule has 0 unspecified atom stereocenters. The van der Waals surface area contributed by atoms with Crippen molar-refractivity contribution in [2.45, 2.75) is 27.7 Å². The van der Waals surface area contributed by atoms with Crippen LogP contribution in [0.5, 0.6) is 11.6 Å². The van der Waals surface area contributed by atoms with Crippen LogP contribution in [0.2, 0.25) is 0 Å². The van der Waals surface area contributed by atoms with E-state index < -0.39 is 5.97 Å². The highest BCUT2D eigenvalue weighted by molar-refractivity contribution is 5.90. The molecule has 26 heavy (non-hydrogen) atoms. The smallest absolute Gasteiger partial charge is 0.341 e. The molecule has 3 rings (SSSR count). The molecule has 0 fully saturated rings. The lowest BCUT2D eigenvalue weighted by Gasteiger charge is -2.09. The highest BCUT2D eigenvalue weighted by atomic mass is 16.5. The molecule has 0 N–H and O–H groups in total. The Morgan fingerprint density at radius 2 is 1.85 bits per heavy atom. The topological polar surface area (TPSA) is 79.1 Å². The largest absolute Gasteiger partial charge is 0.462 e. The van der Waals surface area contributed by atoms with Gasteiger partial charge >= 0.3 is 5.97 Å². The molecule has 7 heteroatoms. The van der Waals surface area contributed by atoms with E-state index in [2.05, 4.69) is 15.1 Å². The number of rotatable bonds is 5. The molecule has 3 aromatic rings. The Kier molecular flexibility index (Phi) is 4.97. The maximum absolute atomic E-state index is 12.0. The molecule has 0 bridgehead atoms. The Balaban J connectivity index is 1.93. The summed E-state index contributed by atoms with van der Waals surface area (Å²) in [6.45, 7) is 7.65. The van der Waals surface area contributed by atoms with Crippen LogP contribution in [-0.4, -0.2) is 32.3 Å². The average Bonchev–Trinajstić information content (AvgIpc) is 2.98. The zero-order valence-electron chi connectivity index (χ0n) is 15.2. The highest BCUT2D eigenvalue weighted by Crippen LogP contribution is 2.22. The van der Waals surface area contributed by atoms with Crippen LogP contribution in [-0.2, 0) is 4.74 Å². The fraction of sp³-hybridized carbons (Fsp3) is 0.263. The van der Waals surface area contributed by atoms with Crippen LogP contribution < -0.4 is 4.74 Å². The summed E-state index contributed by atoms with van der Waals surface area (Å²) in [5.74, 6) is 1.75. The maximum Gasteiger partial charge on any atom is 0.341 e. The second-order valence-corrected chi connectivity index (χ2v) is 5.80. The Labute approximate surface area is 151 Å². The van der Waals surface area contributed by atoms with Crippen LogP contribution in [0.1, 0.15) is 34.4 Å². The molecule has 2 aromatic heterocycles. The van der Waals surface area contributed by atoms with Gasteiger partial charge in [-0.1, -0.05) is 17.7 Å². The van der Waals surface area contributed by atoms with Crippen LogP contribution in [0.15, 0.2) is 36.5 Å². The van der Waals surface area contributed by atoms with E-state index in [-0.39, 0.29) is 0 Å². The second-order valence-electron chi connectivity index (χ2n) is 5.80. The molecule has 2 heterocycles. The molecule has 0 amide bonds. The number of benzene rings is 1. The molecule has 134 valence electrons. The fourth-order valence-corrected chi connectivity index (χ4v) is 2.46. The van der Waals surface area contributed by atoms with Gasteiger partial charge in [0.25, 0.3) is 0 Å².